The number of aromatic nitrogens is 4. The summed E-state index contributed by atoms with van der Waals surface area (Å²) in [5.74, 6) is -0.500. The van der Waals surface area contributed by atoms with Crippen molar-refractivity contribution in [1.29, 1.82) is 0 Å². The maximum Gasteiger partial charge on any atom is 0.490 e. The molecule has 1 saturated heterocycles. The lowest BCUT2D eigenvalue weighted by Crippen LogP contribution is -2.27. The summed E-state index contributed by atoms with van der Waals surface area (Å²) >= 11 is 0. The van der Waals surface area contributed by atoms with Gasteiger partial charge in [-0.25, -0.2) is 4.79 Å². The van der Waals surface area contributed by atoms with Crippen LogP contribution in [0.1, 0.15) is 24.6 Å². The topological polar surface area (TPSA) is 104 Å². The number of piperidine rings is 1. The third kappa shape index (κ3) is 5.01. The number of nitrogens with zero attached hydrogens (tertiary/aromatic N) is 3. The SMILES string of the molecule is O=C(O)C(F)(F)F.c1ccc(-c2nnc(C3CCNCC3)[nH]2)nc1. The lowest BCUT2D eigenvalue weighted by atomic mass is 9.98. The molecule has 0 bridgehead atoms. The van der Waals surface area contributed by atoms with E-state index in [9.17, 15) is 13.2 Å². The summed E-state index contributed by atoms with van der Waals surface area (Å²) < 4.78 is 31.7. The van der Waals surface area contributed by atoms with Gasteiger partial charge in [0.15, 0.2) is 5.82 Å². The number of hydrogen-bond donors (Lipinski definition) is 3. The van der Waals surface area contributed by atoms with Crippen molar-refractivity contribution in [3.63, 3.8) is 0 Å². The molecule has 0 aliphatic carbocycles. The average Bonchev–Trinajstić information content (AvgIpc) is 3.06. The Bertz CT molecular complexity index is 654. The van der Waals surface area contributed by atoms with E-state index in [1.165, 1.54) is 0 Å². The predicted octanol–water partition coefficient (Wildman–Crippen LogP) is 1.97. The molecule has 0 radical (unpaired) electrons. The Kier molecular flexibility index (Phi) is 5.85. The molecule has 0 amide bonds. The normalized spacial score (nSPS) is 15.5. The number of alkyl halides is 3. The van der Waals surface area contributed by atoms with Gasteiger partial charge in [0, 0.05) is 12.1 Å². The molecule has 3 rings (SSSR count). The maximum absolute atomic E-state index is 10.6. The van der Waals surface area contributed by atoms with Crippen LogP contribution in [0.3, 0.4) is 0 Å². The number of carboxylic acid groups (broad SMARTS) is 1. The highest BCUT2D eigenvalue weighted by atomic mass is 19.4. The van der Waals surface area contributed by atoms with Crippen LogP contribution in [0.5, 0.6) is 0 Å². The Morgan fingerprint density at radius 1 is 1.21 bits per heavy atom. The van der Waals surface area contributed by atoms with Crippen LogP contribution >= 0.6 is 0 Å². The molecule has 0 unspecified atom stereocenters. The van der Waals surface area contributed by atoms with E-state index in [1.54, 1.807) is 6.20 Å². The first-order chi connectivity index (χ1) is 11.4. The molecule has 0 spiro atoms. The zero-order chi connectivity index (χ0) is 17.6. The third-order valence-corrected chi connectivity index (χ3v) is 3.38. The number of aromatic amines is 1. The van der Waals surface area contributed by atoms with Gasteiger partial charge >= 0.3 is 12.1 Å². The number of H-pyrrole nitrogens is 1. The summed E-state index contributed by atoms with van der Waals surface area (Å²) in [6, 6.07) is 5.79. The van der Waals surface area contributed by atoms with Crippen molar-refractivity contribution in [3.05, 3.63) is 30.2 Å². The van der Waals surface area contributed by atoms with Crippen LogP contribution in [0.15, 0.2) is 24.4 Å². The van der Waals surface area contributed by atoms with Crippen molar-refractivity contribution in [1.82, 2.24) is 25.5 Å². The second-order valence-corrected chi connectivity index (χ2v) is 5.10. The summed E-state index contributed by atoms with van der Waals surface area (Å²) in [5, 5.41) is 18.9. The Morgan fingerprint density at radius 2 is 1.88 bits per heavy atom. The van der Waals surface area contributed by atoms with Gasteiger partial charge in [-0.2, -0.15) is 13.2 Å². The maximum atomic E-state index is 10.6. The first kappa shape index (κ1) is 17.9. The predicted molar refractivity (Wildman–Crippen MR) is 78.1 cm³/mol. The van der Waals surface area contributed by atoms with Gasteiger partial charge in [-0.1, -0.05) is 6.07 Å². The lowest BCUT2D eigenvalue weighted by Gasteiger charge is -2.19. The van der Waals surface area contributed by atoms with E-state index in [2.05, 4.69) is 25.5 Å². The third-order valence-electron chi connectivity index (χ3n) is 3.38. The molecular weight excluding hydrogens is 327 g/mol. The summed E-state index contributed by atoms with van der Waals surface area (Å²) in [6.45, 7) is 2.12. The number of pyridine rings is 1. The van der Waals surface area contributed by atoms with Gasteiger partial charge in [-0.15, -0.1) is 10.2 Å². The molecule has 1 aliphatic rings. The lowest BCUT2D eigenvalue weighted by molar-refractivity contribution is -0.192. The quantitative estimate of drug-likeness (QED) is 0.770. The smallest absolute Gasteiger partial charge is 0.475 e. The monoisotopic (exact) mass is 343 g/mol. The number of halogens is 3. The number of carbonyl (C=O) groups is 1. The highest BCUT2D eigenvalue weighted by Gasteiger charge is 2.38. The minimum Gasteiger partial charge on any atom is -0.475 e. The number of nitrogens with one attached hydrogen (secondary N) is 2. The van der Waals surface area contributed by atoms with Gasteiger partial charge in [0.25, 0.3) is 0 Å². The molecule has 1 fully saturated rings. The Labute approximate surface area is 135 Å². The number of hydrogen-bond acceptors (Lipinski definition) is 5. The van der Waals surface area contributed by atoms with Crippen LogP contribution in [-0.2, 0) is 4.79 Å². The Morgan fingerprint density at radius 3 is 2.42 bits per heavy atom. The van der Waals surface area contributed by atoms with Gasteiger partial charge < -0.3 is 15.4 Å². The fourth-order valence-electron chi connectivity index (χ4n) is 2.17. The van der Waals surface area contributed by atoms with Gasteiger partial charge in [-0.3, -0.25) is 4.98 Å². The molecule has 3 N–H and O–H groups in total. The van der Waals surface area contributed by atoms with Gasteiger partial charge in [0.05, 0.1) is 0 Å². The van der Waals surface area contributed by atoms with Gasteiger partial charge in [-0.05, 0) is 38.1 Å². The summed E-state index contributed by atoms with van der Waals surface area (Å²) in [7, 11) is 0. The highest BCUT2D eigenvalue weighted by Crippen LogP contribution is 2.23. The van der Waals surface area contributed by atoms with E-state index in [4.69, 9.17) is 9.90 Å². The first-order valence-electron chi connectivity index (χ1n) is 7.22. The molecule has 130 valence electrons. The summed E-state index contributed by atoms with van der Waals surface area (Å²) in [4.78, 5) is 16.4. The zero-order valence-electron chi connectivity index (χ0n) is 12.5. The summed E-state index contributed by atoms with van der Waals surface area (Å²) in [6.07, 6.45) is -1.07. The number of carboxylic acids is 1. The minimum atomic E-state index is -5.08. The molecule has 1 aliphatic heterocycles. The van der Waals surface area contributed by atoms with Crippen LogP contribution in [0.2, 0.25) is 0 Å². The van der Waals surface area contributed by atoms with Crippen LogP contribution in [0.4, 0.5) is 13.2 Å². The molecular formula is C14H16F3N5O2. The van der Waals surface area contributed by atoms with Crippen molar-refractivity contribution >= 4 is 5.97 Å². The van der Waals surface area contributed by atoms with E-state index in [-0.39, 0.29) is 0 Å². The molecule has 3 heterocycles. The van der Waals surface area contributed by atoms with Crippen molar-refractivity contribution in [2.75, 3.05) is 13.1 Å². The average molecular weight is 343 g/mol. The van der Waals surface area contributed by atoms with Gasteiger partial charge in [0.2, 0.25) is 0 Å². The molecule has 24 heavy (non-hydrogen) atoms. The van der Waals surface area contributed by atoms with Crippen LogP contribution in [0.25, 0.3) is 11.5 Å². The van der Waals surface area contributed by atoms with Crippen molar-refractivity contribution in [3.8, 4) is 11.5 Å². The van der Waals surface area contributed by atoms with E-state index in [0.29, 0.717) is 5.92 Å². The van der Waals surface area contributed by atoms with Gasteiger partial charge in [0.1, 0.15) is 11.5 Å². The first-order valence-corrected chi connectivity index (χ1v) is 7.22. The molecule has 10 heteroatoms. The second-order valence-electron chi connectivity index (χ2n) is 5.10. The molecule has 0 aromatic carbocycles. The fourth-order valence-corrected chi connectivity index (χ4v) is 2.17. The largest absolute Gasteiger partial charge is 0.490 e. The Hall–Kier alpha value is -2.49. The molecule has 2 aromatic rings. The van der Waals surface area contributed by atoms with Crippen LogP contribution in [0, 0.1) is 0 Å². The number of rotatable bonds is 2. The van der Waals surface area contributed by atoms with Crippen LogP contribution in [-0.4, -0.2) is 50.5 Å². The van der Waals surface area contributed by atoms with Crippen molar-refractivity contribution in [2.45, 2.75) is 24.9 Å². The van der Waals surface area contributed by atoms with E-state index in [1.807, 2.05) is 18.2 Å². The molecule has 2 aromatic heterocycles. The second kappa shape index (κ2) is 7.86. The fraction of sp³-hybridized carbons (Fsp3) is 0.429. The Balaban J connectivity index is 0.000000256. The number of aliphatic carboxylic acids is 1. The van der Waals surface area contributed by atoms with E-state index >= 15 is 0 Å². The molecule has 7 nitrogen and oxygen atoms in total. The zero-order valence-corrected chi connectivity index (χ0v) is 12.5. The van der Waals surface area contributed by atoms with E-state index < -0.39 is 12.1 Å². The summed E-state index contributed by atoms with van der Waals surface area (Å²) in [5.41, 5.74) is 0.847. The van der Waals surface area contributed by atoms with Crippen molar-refractivity contribution in [2.24, 2.45) is 0 Å². The highest BCUT2D eigenvalue weighted by molar-refractivity contribution is 5.73. The molecule has 0 saturated carbocycles. The standard InChI is InChI=1S/C12H15N5.C2HF3O2/c1-2-6-14-10(3-1)12-15-11(16-17-12)9-4-7-13-8-5-9;3-2(4,5)1(6)7/h1-3,6,9,13H,4-5,7-8H2,(H,15,16,17);(H,6,7). The van der Waals surface area contributed by atoms with E-state index in [0.717, 1.165) is 43.3 Å². The van der Waals surface area contributed by atoms with Crippen molar-refractivity contribution < 1.29 is 23.1 Å². The van der Waals surface area contributed by atoms with Crippen LogP contribution < -0.4 is 5.32 Å². The minimum absolute atomic E-state index is 0.501. The molecule has 0 atom stereocenters.